The molecule has 26 heavy (non-hydrogen) atoms. The van der Waals surface area contributed by atoms with E-state index in [1.807, 2.05) is 29.2 Å². The summed E-state index contributed by atoms with van der Waals surface area (Å²) in [6.07, 6.45) is 7.42. The van der Waals surface area contributed by atoms with Crippen molar-refractivity contribution >= 4 is 28.3 Å². The molecule has 0 radical (unpaired) electrons. The molecule has 0 saturated heterocycles. The predicted octanol–water partition coefficient (Wildman–Crippen LogP) is 3.42. The highest BCUT2D eigenvalue weighted by atomic mass is 35.5. The molecular formula is C19H19ClN6. The topological polar surface area (TPSA) is 68.0 Å². The van der Waals surface area contributed by atoms with Gasteiger partial charge in [0.1, 0.15) is 5.84 Å². The van der Waals surface area contributed by atoms with Crippen LogP contribution in [0.3, 0.4) is 0 Å². The molecule has 132 valence electrons. The largest absolute Gasteiger partial charge is 0.370 e. The van der Waals surface area contributed by atoms with E-state index in [-0.39, 0.29) is 0 Å². The van der Waals surface area contributed by atoms with Crippen LogP contribution in [0, 0.1) is 0 Å². The van der Waals surface area contributed by atoms with Crippen LogP contribution in [0.2, 0.25) is 5.15 Å². The second-order valence-corrected chi connectivity index (χ2v) is 7.22. The minimum Gasteiger partial charge on any atom is -0.370 e. The van der Waals surface area contributed by atoms with E-state index >= 15 is 0 Å². The molecule has 1 aromatic carbocycles. The summed E-state index contributed by atoms with van der Waals surface area (Å²) >= 11 is 6.41. The van der Waals surface area contributed by atoms with Crippen LogP contribution in [0.25, 0.3) is 22.2 Å². The first-order valence-electron chi connectivity index (χ1n) is 9.04. The van der Waals surface area contributed by atoms with Crippen LogP contribution in [0.15, 0.2) is 35.6 Å². The summed E-state index contributed by atoms with van der Waals surface area (Å²) in [5, 5.41) is 9.27. The predicted molar refractivity (Wildman–Crippen MR) is 103 cm³/mol. The van der Waals surface area contributed by atoms with Crippen molar-refractivity contribution in [1.82, 2.24) is 25.1 Å². The number of aromatic nitrogens is 4. The Hall–Kier alpha value is -2.47. The number of fused-ring (bicyclic) bond motifs is 1. The average molecular weight is 367 g/mol. The van der Waals surface area contributed by atoms with Crippen molar-refractivity contribution in [3.05, 3.63) is 41.4 Å². The van der Waals surface area contributed by atoms with Gasteiger partial charge in [0.2, 0.25) is 0 Å². The Morgan fingerprint density at radius 3 is 2.92 bits per heavy atom. The Balaban J connectivity index is 1.63. The molecule has 1 N–H and O–H groups in total. The van der Waals surface area contributed by atoms with Crippen molar-refractivity contribution in [3.63, 3.8) is 0 Å². The molecule has 6 nitrogen and oxygen atoms in total. The quantitative estimate of drug-likeness (QED) is 0.768. The van der Waals surface area contributed by atoms with Gasteiger partial charge in [-0.25, -0.2) is 4.98 Å². The second kappa shape index (κ2) is 6.36. The van der Waals surface area contributed by atoms with Crippen molar-refractivity contribution in [3.8, 4) is 11.3 Å². The average Bonchev–Trinajstić information content (AvgIpc) is 3.23. The lowest BCUT2D eigenvalue weighted by molar-refractivity contribution is 0.410. The van der Waals surface area contributed by atoms with Crippen molar-refractivity contribution in [2.24, 2.45) is 4.99 Å². The van der Waals surface area contributed by atoms with E-state index in [2.05, 4.69) is 26.5 Å². The van der Waals surface area contributed by atoms with Gasteiger partial charge in [-0.2, -0.15) is 5.10 Å². The Morgan fingerprint density at radius 1 is 1.23 bits per heavy atom. The second-order valence-electron chi connectivity index (χ2n) is 6.86. The molecule has 1 saturated carbocycles. The van der Waals surface area contributed by atoms with Crippen LogP contribution in [0.5, 0.6) is 0 Å². The van der Waals surface area contributed by atoms with Crippen molar-refractivity contribution in [1.29, 1.82) is 0 Å². The SMILES string of the molecule is Clc1nn(CC2=NCCN2)c2c(-c3cncc(C4CCC4)n3)cccc12. The number of hydrogen-bond donors (Lipinski definition) is 1. The van der Waals surface area contributed by atoms with Gasteiger partial charge in [-0.3, -0.25) is 14.7 Å². The minimum atomic E-state index is 0.503. The van der Waals surface area contributed by atoms with Gasteiger partial charge >= 0.3 is 0 Å². The zero-order chi connectivity index (χ0) is 17.5. The van der Waals surface area contributed by atoms with E-state index in [9.17, 15) is 0 Å². The standard InChI is InChI=1S/C19H19ClN6/c20-19-14-6-2-5-13(16-10-21-9-15(24-16)12-3-1-4-12)18(14)26(25-19)11-17-22-7-8-23-17/h2,5-6,9-10,12H,1,3-4,7-8,11H2,(H,22,23). The van der Waals surface area contributed by atoms with E-state index in [0.29, 0.717) is 17.6 Å². The van der Waals surface area contributed by atoms with E-state index in [4.69, 9.17) is 16.6 Å². The zero-order valence-electron chi connectivity index (χ0n) is 14.3. The highest BCUT2D eigenvalue weighted by molar-refractivity contribution is 6.34. The highest BCUT2D eigenvalue weighted by Gasteiger charge is 2.22. The summed E-state index contributed by atoms with van der Waals surface area (Å²) in [4.78, 5) is 13.8. The number of para-hydroxylation sites is 1. The van der Waals surface area contributed by atoms with Gasteiger partial charge < -0.3 is 5.32 Å². The van der Waals surface area contributed by atoms with Gasteiger partial charge in [0.25, 0.3) is 0 Å². The van der Waals surface area contributed by atoms with Gasteiger partial charge in [-0.1, -0.05) is 30.2 Å². The Bertz CT molecular complexity index is 1000. The zero-order valence-corrected chi connectivity index (χ0v) is 15.1. The number of rotatable bonds is 4. The number of nitrogens with zero attached hydrogens (tertiary/aromatic N) is 5. The summed E-state index contributed by atoms with van der Waals surface area (Å²) in [6.45, 7) is 2.27. The lowest BCUT2D eigenvalue weighted by atomic mass is 9.83. The summed E-state index contributed by atoms with van der Waals surface area (Å²) < 4.78 is 1.92. The van der Waals surface area contributed by atoms with E-state index in [1.165, 1.54) is 19.3 Å². The maximum Gasteiger partial charge on any atom is 0.158 e. The summed E-state index contributed by atoms with van der Waals surface area (Å²) in [6, 6.07) is 6.06. The van der Waals surface area contributed by atoms with Gasteiger partial charge in [0.15, 0.2) is 5.15 Å². The van der Waals surface area contributed by atoms with E-state index < -0.39 is 0 Å². The third-order valence-corrected chi connectivity index (χ3v) is 5.50. The first-order valence-corrected chi connectivity index (χ1v) is 9.42. The maximum atomic E-state index is 6.41. The molecule has 5 rings (SSSR count). The lowest BCUT2D eigenvalue weighted by Gasteiger charge is -2.24. The van der Waals surface area contributed by atoms with Gasteiger partial charge in [0.05, 0.1) is 36.2 Å². The number of aliphatic imine (C=N–C) groups is 1. The Morgan fingerprint density at radius 2 is 2.15 bits per heavy atom. The lowest BCUT2D eigenvalue weighted by Crippen LogP contribution is -2.24. The third-order valence-electron chi connectivity index (χ3n) is 5.22. The molecule has 2 aromatic heterocycles. The molecule has 1 aliphatic carbocycles. The number of benzene rings is 1. The smallest absolute Gasteiger partial charge is 0.158 e. The summed E-state index contributed by atoms with van der Waals surface area (Å²) in [5.41, 5.74) is 3.95. The van der Waals surface area contributed by atoms with Crippen LogP contribution in [-0.4, -0.2) is 38.7 Å². The third kappa shape index (κ3) is 2.65. The number of halogens is 1. The van der Waals surface area contributed by atoms with Crippen LogP contribution in [-0.2, 0) is 6.54 Å². The molecule has 1 aliphatic heterocycles. The van der Waals surface area contributed by atoms with Crippen LogP contribution in [0.1, 0.15) is 30.9 Å². The first-order chi connectivity index (χ1) is 12.8. The van der Waals surface area contributed by atoms with Crippen LogP contribution >= 0.6 is 11.6 Å². The van der Waals surface area contributed by atoms with Gasteiger partial charge in [0, 0.05) is 29.6 Å². The molecule has 7 heteroatoms. The maximum absolute atomic E-state index is 6.41. The molecule has 0 amide bonds. The molecule has 0 bridgehead atoms. The molecular weight excluding hydrogens is 348 g/mol. The van der Waals surface area contributed by atoms with Crippen molar-refractivity contribution in [2.75, 3.05) is 13.1 Å². The number of amidine groups is 1. The molecule has 0 atom stereocenters. The molecule has 1 fully saturated rings. The molecule has 0 spiro atoms. The summed E-state index contributed by atoms with van der Waals surface area (Å²) in [7, 11) is 0. The fourth-order valence-electron chi connectivity index (χ4n) is 3.63. The monoisotopic (exact) mass is 366 g/mol. The van der Waals surface area contributed by atoms with Gasteiger partial charge in [-0.15, -0.1) is 0 Å². The van der Waals surface area contributed by atoms with E-state index in [1.54, 1.807) is 0 Å². The van der Waals surface area contributed by atoms with Gasteiger partial charge in [-0.05, 0) is 18.9 Å². The van der Waals surface area contributed by atoms with Crippen LogP contribution in [0.4, 0.5) is 0 Å². The van der Waals surface area contributed by atoms with Crippen LogP contribution < -0.4 is 5.32 Å². The minimum absolute atomic E-state index is 0.503. The molecule has 3 aromatic rings. The molecule has 3 heterocycles. The molecule has 0 unspecified atom stereocenters. The first kappa shape index (κ1) is 15.8. The summed E-state index contributed by atoms with van der Waals surface area (Å²) in [5.74, 6) is 1.49. The highest BCUT2D eigenvalue weighted by Crippen LogP contribution is 2.37. The van der Waals surface area contributed by atoms with Crippen molar-refractivity contribution < 1.29 is 0 Å². The molecule has 2 aliphatic rings. The van der Waals surface area contributed by atoms with Crippen molar-refractivity contribution in [2.45, 2.75) is 31.7 Å². The Labute approximate surface area is 156 Å². The fourth-order valence-corrected chi connectivity index (χ4v) is 3.87. The van der Waals surface area contributed by atoms with E-state index in [0.717, 1.165) is 46.8 Å². The normalized spacial score (nSPS) is 17.2. The fraction of sp³-hybridized carbons (Fsp3) is 0.368. The Kier molecular flexibility index (Phi) is 3.85. The number of nitrogens with one attached hydrogen (secondary N) is 1. The number of hydrogen-bond acceptors (Lipinski definition) is 5.